The number of carbonyl (C=O) groups is 4. The molecule has 0 heterocycles. The van der Waals surface area contributed by atoms with Crippen molar-refractivity contribution in [1.29, 1.82) is 0 Å². The first kappa shape index (κ1) is 33.9. The van der Waals surface area contributed by atoms with E-state index in [0.717, 1.165) is 0 Å². The molecule has 0 aromatic rings. The van der Waals surface area contributed by atoms with Crippen LogP contribution in [0.1, 0.15) is 47.5 Å². The lowest BCUT2D eigenvalue weighted by Gasteiger charge is -2.25. The molecule has 0 spiro atoms. The molecule has 0 aromatic carbocycles. The van der Waals surface area contributed by atoms with Crippen molar-refractivity contribution in [2.45, 2.75) is 59.0 Å². The van der Waals surface area contributed by atoms with Gasteiger partial charge in [0.05, 0.1) is 39.6 Å². The third kappa shape index (κ3) is 21.2. The Hall–Kier alpha value is -2.12. The number of amides is 2. The summed E-state index contributed by atoms with van der Waals surface area (Å²) in [6, 6.07) is -0.791. The van der Waals surface area contributed by atoms with Gasteiger partial charge in [-0.2, -0.15) is 0 Å². The summed E-state index contributed by atoms with van der Waals surface area (Å²) in [5, 5.41) is 17.6. The zero-order valence-electron chi connectivity index (χ0n) is 22.4. The topological polar surface area (TPSA) is 162 Å². The molecular formula is C24H45N3O9. The van der Waals surface area contributed by atoms with Crippen molar-refractivity contribution >= 4 is 23.6 Å². The number of nitrogens with one attached hydrogen (secondary N) is 3. The second kappa shape index (κ2) is 20.0. The number of carboxylic acid groups (broad SMARTS) is 1. The van der Waals surface area contributed by atoms with Crippen molar-refractivity contribution in [3.63, 3.8) is 0 Å². The first-order valence-electron chi connectivity index (χ1n) is 12.3. The molecule has 36 heavy (non-hydrogen) atoms. The van der Waals surface area contributed by atoms with Gasteiger partial charge in [0.1, 0.15) is 19.3 Å². The molecule has 12 heteroatoms. The average molecular weight is 520 g/mol. The van der Waals surface area contributed by atoms with Crippen LogP contribution in [0, 0.1) is 5.92 Å². The second-order valence-corrected chi connectivity index (χ2v) is 9.47. The zero-order valence-corrected chi connectivity index (χ0v) is 22.4. The van der Waals surface area contributed by atoms with E-state index in [-0.39, 0.29) is 74.9 Å². The van der Waals surface area contributed by atoms with E-state index < -0.39 is 12.0 Å². The molecule has 4 N–H and O–H groups in total. The Labute approximate surface area is 214 Å². The van der Waals surface area contributed by atoms with Gasteiger partial charge in [0, 0.05) is 31.0 Å². The summed E-state index contributed by atoms with van der Waals surface area (Å²) in [6.07, 6.45) is 0.284. The normalized spacial score (nSPS) is 12.4. The van der Waals surface area contributed by atoms with Crippen molar-refractivity contribution in [2.75, 3.05) is 65.9 Å². The Morgan fingerprint density at radius 2 is 1.25 bits per heavy atom. The number of Topliss-reactive ketones (excluding diaryl/α,β-unsaturated/α-hetero) is 1. The molecule has 2 amide bonds. The fraction of sp³-hybridized carbons (Fsp3) is 0.833. The third-order valence-electron chi connectivity index (χ3n) is 4.57. The van der Waals surface area contributed by atoms with Crippen LogP contribution in [0.4, 0.5) is 0 Å². The van der Waals surface area contributed by atoms with Crippen LogP contribution in [0.15, 0.2) is 0 Å². The van der Waals surface area contributed by atoms with Gasteiger partial charge in [0.25, 0.3) is 0 Å². The summed E-state index contributed by atoms with van der Waals surface area (Å²) in [4.78, 5) is 46.2. The smallest absolute Gasteiger partial charge is 0.320 e. The Bertz CT molecular complexity index is 651. The SMILES string of the molecule is CC(C)C(=O)COCCOCCNC(=O)COCCOCCNC(=O)CC[C@@H](NC(C)(C)C)C(=O)O. The number of carboxylic acids is 1. The van der Waals surface area contributed by atoms with Crippen LogP contribution in [-0.4, -0.2) is 106 Å². The van der Waals surface area contributed by atoms with Gasteiger partial charge >= 0.3 is 5.97 Å². The molecule has 0 aromatic heterocycles. The number of hydrogen-bond acceptors (Lipinski definition) is 9. The highest BCUT2D eigenvalue weighted by Crippen LogP contribution is 2.06. The third-order valence-corrected chi connectivity index (χ3v) is 4.57. The monoisotopic (exact) mass is 519 g/mol. The summed E-state index contributed by atoms with van der Waals surface area (Å²) in [5.74, 6) is -1.50. The fourth-order valence-electron chi connectivity index (χ4n) is 2.66. The standard InChI is InChI=1S/C24H45N3O9/c1-18(2)20(28)16-35-14-12-34-11-9-26-22(30)17-36-15-13-33-10-8-25-21(29)7-6-19(23(31)32)27-24(3,4)5/h18-19,27H,6-17H2,1-5H3,(H,25,29)(H,26,30)(H,31,32)/t19-/m1/s1. The zero-order chi connectivity index (χ0) is 27.4. The quantitative estimate of drug-likeness (QED) is 0.145. The highest BCUT2D eigenvalue weighted by molar-refractivity contribution is 5.81. The number of ketones is 1. The van der Waals surface area contributed by atoms with Gasteiger partial charge in [-0.25, -0.2) is 0 Å². The van der Waals surface area contributed by atoms with Crippen LogP contribution >= 0.6 is 0 Å². The first-order chi connectivity index (χ1) is 16.9. The molecule has 1 atom stereocenters. The Balaban J connectivity index is 3.57. The molecular weight excluding hydrogens is 474 g/mol. The molecule has 0 saturated heterocycles. The van der Waals surface area contributed by atoms with E-state index in [1.807, 2.05) is 34.6 Å². The lowest BCUT2D eigenvalue weighted by atomic mass is 10.0. The van der Waals surface area contributed by atoms with Crippen LogP contribution < -0.4 is 16.0 Å². The van der Waals surface area contributed by atoms with E-state index in [0.29, 0.717) is 32.9 Å². The highest BCUT2D eigenvalue weighted by Gasteiger charge is 2.23. The summed E-state index contributed by atoms with van der Waals surface area (Å²) in [6.45, 7) is 11.6. The van der Waals surface area contributed by atoms with Gasteiger partial charge in [0.2, 0.25) is 11.8 Å². The predicted octanol–water partition coefficient (Wildman–Crippen LogP) is 0.132. The van der Waals surface area contributed by atoms with Gasteiger partial charge in [0.15, 0.2) is 5.78 Å². The summed E-state index contributed by atoms with van der Waals surface area (Å²) < 4.78 is 21.1. The van der Waals surface area contributed by atoms with Crippen LogP contribution in [0.2, 0.25) is 0 Å². The first-order valence-corrected chi connectivity index (χ1v) is 12.3. The van der Waals surface area contributed by atoms with E-state index in [9.17, 15) is 24.3 Å². The predicted molar refractivity (Wildman–Crippen MR) is 133 cm³/mol. The fourth-order valence-corrected chi connectivity index (χ4v) is 2.66. The lowest BCUT2D eigenvalue weighted by molar-refractivity contribution is -0.140. The van der Waals surface area contributed by atoms with Crippen molar-refractivity contribution in [2.24, 2.45) is 5.92 Å². The number of carbonyl (C=O) groups excluding carboxylic acids is 3. The van der Waals surface area contributed by atoms with Crippen molar-refractivity contribution in [3.8, 4) is 0 Å². The molecule has 0 unspecified atom stereocenters. The number of hydrogen-bond donors (Lipinski definition) is 4. The van der Waals surface area contributed by atoms with Gasteiger partial charge in [-0.05, 0) is 27.2 Å². The van der Waals surface area contributed by atoms with Crippen LogP contribution in [-0.2, 0) is 38.1 Å². The average Bonchev–Trinajstić information content (AvgIpc) is 2.78. The van der Waals surface area contributed by atoms with Crippen molar-refractivity contribution in [3.05, 3.63) is 0 Å². The van der Waals surface area contributed by atoms with Crippen molar-refractivity contribution in [1.82, 2.24) is 16.0 Å². The van der Waals surface area contributed by atoms with Crippen LogP contribution in [0.3, 0.4) is 0 Å². The second-order valence-electron chi connectivity index (χ2n) is 9.47. The van der Waals surface area contributed by atoms with Gasteiger partial charge in [-0.15, -0.1) is 0 Å². The summed E-state index contributed by atoms with van der Waals surface area (Å²) >= 11 is 0. The summed E-state index contributed by atoms with van der Waals surface area (Å²) in [7, 11) is 0. The van der Waals surface area contributed by atoms with Gasteiger partial charge in [-0.1, -0.05) is 13.8 Å². The molecule has 0 radical (unpaired) electrons. The maximum Gasteiger partial charge on any atom is 0.320 e. The minimum Gasteiger partial charge on any atom is -0.480 e. The lowest BCUT2D eigenvalue weighted by Crippen LogP contribution is -2.48. The highest BCUT2D eigenvalue weighted by atomic mass is 16.5. The Morgan fingerprint density at radius 1 is 0.750 bits per heavy atom. The van der Waals surface area contributed by atoms with Gasteiger partial charge in [-0.3, -0.25) is 24.5 Å². The minimum absolute atomic E-state index is 0.0456. The number of ether oxygens (including phenoxy) is 4. The van der Waals surface area contributed by atoms with E-state index in [2.05, 4.69) is 16.0 Å². The van der Waals surface area contributed by atoms with Crippen LogP contribution in [0.25, 0.3) is 0 Å². The number of aliphatic carboxylic acids is 1. The molecule has 0 fully saturated rings. The van der Waals surface area contributed by atoms with Crippen molar-refractivity contribution < 1.29 is 43.2 Å². The molecule has 0 aliphatic rings. The van der Waals surface area contributed by atoms with E-state index >= 15 is 0 Å². The molecule has 12 nitrogen and oxygen atoms in total. The Kier molecular flexibility index (Phi) is 18.8. The van der Waals surface area contributed by atoms with Gasteiger partial charge < -0.3 is 34.7 Å². The van der Waals surface area contributed by atoms with E-state index in [4.69, 9.17) is 18.9 Å². The van der Waals surface area contributed by atoms with E-state index in [1.165, 1.54) is 0 Å². The molecule has 210 valence electrons. The molecule has 0 rings (SSSR count). The minimum atomic E-state index is -0.985. The molecule has 0 bridgehead atoms. The van der Waals surface area contributed by atoms with E-state index in [1.54, 1.807) is 0 Å². The largest absolute Gasteiger partial charge is 0.480 e. The maximum atomic E-state index is 11.9. The maximum absolute atomic E-state index is 11.9. The molecule has 0 aliphatic heterocycles. The van der Waals surface area contributed by atoms with Crippen LogP contribution in [0.5, 0.6) is 0 Å². The Morgan fingerprint density at radius 3 is 1.75 bits per heavy atom. The number of rotatable bonds is 22. The molecule has 0 saturated carbocycles. The molecule has 0 aliphatic carbocycles. The summed E-state index contributed by atoms with van der Waals surface area (Å²) in [5.41, 5.74) is -0.364.